The van der Waals surface area contributed by atoms with Gasteiger partial charge in [-0.2, -0.15) is 4.99 Å². The van der Waals surface area contributed by atoms with E-state index in [2.05, 4.69) is 4.99 Å². The van der Waals surface area contributed by atoms with E-state index in [0.717, 1.165) is 16.7 Å². The molecule has 1 aliphatic rings. The summed E-state index contributed by atoms with van der Waals surface area (Å²) in [6.07, 6.45) is 0.546. The van der Waals surface area contributed by atoms with Crippen molar-refractivity contribution >= 4 is 23.3 Å². The first-order valence-electron chi connectivity index (χ1n) is 11.3. The molecule has 166 valence electrons. The van der Waals surface area contributed by atoms with Crippen molar-refractivity contribution < 1.29 is 9.59 Å². The SMILES string of the molecule is O=C1N=C(c2ccccc2)N(c2ccccc2)C(=O)C1(Cc1ccccc1)Cc1ccccc1. The molecule has 5 rings (SSSR count). The molecule has 0 saturated heterocycles. The fourth-order valence-electron chi connectivity index (χ4n) is 4.51. The van der Waals surface area contributed by atoms with Gasteiger partial charge in [0.1, 0.15) is 5.41 Å². The van der Waals surface area contributed by atoms with Crippen LogP contribution < -0.4 is 4.90 Å². The number of hydrogen-bond acceptors (Lipinski definition) is 2. The summed E-state index contributed by atoms with van der Waals surface area (Å²) in [5.41, 5.74) is 1.91. The van der Waals surface area contributed by atoms with Gasteiger partial charge in [-0.25, -0.2) is 0 Å². The predicted molar refractivity (Wildman–Crippen MR) is 135 cm³/mol. The second-order valence-electron chi connectivity index (χ2n) is 8.49. The zero-order chi connectivity index (χ0) is 23.4. The van der Waals surface area contributed by atoms with Crippen LogP contribution in [0.3, 0.4) is 0 Å². The van der Waals surface area contributed by atoms with Crippen molar-refractivity contribution in [3.05, 3.63) is 138 Å². The number of aliphatic imine (C=N–C) groups is 1. The van der Waals surface area contributed by atoms with Crippen molar-refractivity contribution in [3.63, 3.8) is 0 Å². The molecule has 0 aromatic heterocycles. The van der Waals surface area contributed by atoms with E-state index in [4.69, 9.17) is 0 Å². The van der Waals surface area contributed by atoms with Crippen LogP contribution in [0.25, 0.3) is 0 Å². The number of rotatable bonds is 6. The van der Waals surface area contributed by atoms with Crippen LogP contribution in [-0.4, -0.2) is 17.6 Å². The first-order chi connectivity index (χ1) is 16.7. The zero-order valence-electron chi connectivity index (χ0n) is 18.7. The molecule has 0 fully saturated rings. The molecule has 4 aromatic carbocycles. The van der Waals surface area contributed by atoms with E-state index in [9.17, 15) is 9.59 Å². The van der Waals surface area contributed by atoms with Crippen LogP contribution in [0.2, 0.25) is 0 Å². The van der Waals surface area contributed by atoms with Crippen molar-refractivity contribution in [2.24, 2.45) is 10.4 Å². The van der Waals surface area contributed by atoms with Crippen LogP contribution in [0.1, 0.15) is 16.7 Å². The first-order valence-corrected chi connectivity index (χ1v) is 11.3. The standard InChI is InChI=1S/C30H24N2O2/c33-28-30(21-23-13-5-1-6-14-23,22-24-15-7-2-8-16-24)29(34)32(26-19-11-4-12-20-26)27(31-28)25-17-9-3-10-18-25/h1-20H,21-22H2. The molecular weight excluding hydrogens is 420 g/mol. The summed E-state index contributed by atoms with van der Waals surface area (Å²) < 4.78 is 0. The number of anilines is 1. The Labute approximate surface area is 199 Å². The predicted octanol–water partition coefficient (Wildman–Crippen LogP) is 5.48. The number of carbonyl (C=O) groups is 2. The third-order valence-corrected chi connectivity index (χ3v) is 6.18. The highest BCUT2D eigenvalue weighted by Gasteiger charge is 2.52. The number of benzene rings is 4. The Bertz CT molecular complexity index is 1280. The number of amidine groups is 1. The molecule has 4 aromatic rings. The number of nitrogens with zero attached hydrogens (tertiary/aromatic N) is 2. The summed E-state index contributed by atoms with van der Waals surface area (Å²) in [6, 6.07) is 38.2. The highest BCUT2D eigenvalue weighted by molar-refractivity contribution is 6.34. The molecule has 1 heterocycles. The third kappa shape index (κ3) is 4.06. The van der Waals surface area contributed by atoms with Crippen molar-refractivity contribution in [3.8, 4) is 0 Å². The monoisotopic (exact) mass is 444 g/mol. The summed E-state index contributed by atoms with van der Waals surface area (Å²) in [6.45, 7) is 0. The summed E-state index contributed by atoms with van der Waals surface area (Å²) in [4.78, 5) is 34.5. The van der Waals surface area contributed by atoms with Crippen LogP contribution in [0.4, 0.5) is 5.69 Å². The number of amides is 2. The van der Waals surface area contributed by atoms with Crippen molar-refractivity contribution in [1.29, 1.82) is 0 Å². The van der Waals surface area contributed by atoms with Gasteiger partial charge in [0.05, 0.1) is 5.69 Å². The zero-order valence-corrected chi connectivity index (χ0v) is 18.7. The minimum absolute atomic E-state index is 0.259. The van der Waals surface area contributed by atoms with Gasteiger partial charge in [0.25, 0.3) is 5.91 Å². The van der Waals surface area contributed by atoms with Gasteiger partial charge in [-0.3, -0.25) is 14.5 Å². The minimum atomic E-state index is -1.35. The molecule has 34 heavy (non-hydrogen) atoms. The molecule has 0 spiro atoms. The van der Waals surface area contributed by atoms with Gasteiger partial charge in [-0.05, 0) is 36.1 Å². The third-order valence-electron chi connectivity index (χ3n) is 6.18. The van der Waals surface area contributed by atoms with Gasteiger partial charge >= 0.3 is 0 Å². The van der Waals surface area contributed by atoms with Gasteiger partial charge < -0.3 is 0 Å². The fourth-order valence-corrected chi connectivity index (χ4v) is 4.51. The smallest absolute Gasteiger partial charge is 0.264 e. The Hall–Kier alpha value is -4.31. The highest BCUT2D eigenvalue weighted by Crippen LogP contribution is 2.38. The molecule has 0 N–H and O–H groups in total. The second-order valence-corrected chi connectivity index (χ2v) is 8.49. The molecular formula is C30H24N2O2. The lowest BCUT2D eigenvalue weighted by Crippen LogP contribution is -2.57. The molecule has 0 bridgehead atoms. The Balaban J connectivity index is 1.70. The van der Waals surface area contributed by atoms with Crippen LogP contribution >= 0.6 is 0 Å². The van der Waals surface area contributed by atoms with Gasteiger partial charge in [0, 0.05) is 5.56 Å². The lowest BCUT2D eigenvalue weighted by atomic mass is 9.73. The lowest BCUT2D eigenvalue weighted by molar-refractivity contribution is -0.140. The van der Waals surface area contributed by atoms with Crippen molar-refractivity contribution in [1.82, 2.24) is 0 Å². The van der Waals surface area contributed by atoms with E-state index in [1.54, 1.807) is 4.90 Å². The maximum absolute atomic E-state index is 14.5. The second kappa shape index (κ2) is 9.28. The highest BCUT2D eigenvalue weighted by atomic mass is 16.2. The number of para-hydroxylation sites is 1. The maximum Gasteiger partial charge on any atom is 0.264 e. The Morgan fingerprint density at radius 3 is 1.53 bits per heavy atom. The topological polar surface area (TPSA) is 49.7 Å². The van der Waals surface area contributed by atoms with Gasteiger partial charge in [-0.1, -0.05) is 109 Å². The number of carbonyl (C=O) groups excluding carboxylic acids is 2. The molecule has 1 aliphatic heterocycles. The molecule has 0 saturated carbocycles. The van der Waals surface area contributed by atoms with Crippen LogP contribution in [0, 0.1) is 5.41 Å². The van der Waals surface area contributed by atoms with Crippen molar-refractivity contribution in [2.45, 2.75) is 12.8 Å². The van der Waals surface area contributed by atoms with E-state index < -0.39 is 11.3 Å². The summed E-state index contributed by atoms with van der Waals surface area (Å²) >= 11 is 0. The molecule has 0 unspecified atom stereocenters. The van der Waals surface area contributed by atoms with Crippen LogP contribution in [0.5, 0.6) is 0 Å². The summed E-state index contributed by atoms with van der Waals surface area (Å²) in [7, 11) is 0. The molecule has 4 nitrogen and oxygen atoms in total. The summed E-state index contributed by atoms with van der Waals surface area (Å²) in [5.74, 6) is -0.306. The molecule has 0 radical (unpaired) electrons. The van der Waals surface area contributed by atoms with E-state index in [0.29, 0.717) is 11.5 Å². The fraction of sp³-hybridized carbons (Fsp3) is 0.100. The Morgan fingerprint density at radius 2 is 1.03 bits per heavy atom. The quantitative estimate of drug-likeness (QED) is 0.370. The van der Waals surface area contributed by atoms with E-state index >= 15 is 0 Å². The lowest BCUT2D eigenvalue weighted by Gasteiger charge is -2.39. The maximum atomic E-state index is 14.5. The average Bonchev–Trinajstić information content (AvgIpc) is 2.89. The first kappa shape index (κ1) is 21.5. The van der Waals surface area contributed by atoms with Crippen LogP contribution in [-0.2, 0) is 22.4 Å². The molecule has 2 amide bonds. The Morgan fingerprint density at radius 1 is 0.588 bits per heavy atom. The largest absolute Gasteiger partial charge is 0.273 e. The van der Waals surface area contributed by atoms with Gasteiger partial charge in [0.15, 0.2) is 5.84 Å². The van der Waals surface area contributed by atoms with Crippen molar-refractivity contribution in [2.75, 3.05) is 4.90 Å². The van der Waals surface area contributed by atoms with Gasteiger partial charge in [0.2, 0.25) is 5.91 Å². The molecule has 0 aliphatic carbocycles. The average molecular weight is 445 g/mol. The molecule has 4 heteroatoms. The minimum Gasteiger partial charge on any atom is -0.273 e. The van der Waals surface area contributed by atoms with E-state index in [-0.39, 0.29) is 18.7 Å². The van der Waals surface area contributed by atoms with E-state index in [1.165, 1.54) is 0 Å². The van der Waals surface area contributed by atoms with Gasteiger partial charge in [-0.15, -0.1) is 0 Å². The normalized spacial score (nSPS) is 15.2. The van der Waals surface area contributed by atoms with Crippen LogP contribution in [0.15, 0.2) is 126 Å². The van der Waals surface area contributed by atoms with E-state index in [1.807, 2.05) is 121 Å². The Kier molecular flexibility index (Phi) is 5.88. The summed E-state index contributed by atoms with van der Waals surface area (Å²) in [5, 5.41) is 0. The molecule has 0 atom stereocenters. The number of hydrogen-bond donors (Lipinski definition) is 0.